The summed E-state index contributed by atoms with van der Waals surface area (Å²) >= 11 is 0. The summed E-state index contributed by atoms with van der Waals surface area (Å²) in [6, 6.07) is 0.299. The minimum Gasteiger partial charge on any atom is -0.370 e. The number of nitrogens with zero attached hydrogens (tertiary/aromatic N) is 2. The standard InChI is InChI=1S/C11H23N3/c1-8(2)10-5-6-14(7-10)11(12)13-9(3)4/h8-10H,5-7H2,1-4H3,(H2,12,13). The molecule has 3 heteroatoms. The zero-order valence-electron chi connectivity index (χ0n) is 9.83. The van der Waals surface area contributed by atoms with Gasteiger partial charge in [0.15, 0.2) is 5.96 Å². The Morgan fingerprint density at radius 1 is 1.36 bits per heavy atom. The summed E-state index contributed by atoms with van der Waals surface area (Å²) in [5.41, 5.74) is 5.92. The van der Waals surface area contributed by atoms with E-state index in [1.165, 1.54) is 6.42 Å². The van der Waals surface area contributed by atoms with Crippen LogP contribution in [0.5, 0.6) is 0 Å². The van der Waals surface area contributed by atoms with Crippen LogP contribution in [0.4, 0.5) is 0 Å². The lowest BCUT2D eigenvalue weighted by molar-refractivity contribution is 0.387. The van der Waals surface area contributed by atoms with E-state index in [0.29, 0.717) is 6.04 Å². The van der Waals surface area contributed by atoms with Gasteiger partial charge in [0.05, 0.1) is 0 Å². The third-order valence-electron chi connectivity index (χ3n) is 2.88. The molecule has 2 N–H and O–H groups in total. The van der Waals surface area contributed by atoms with Crippen molar-refractivity contribution in [1.82, 2.24) is 4.90 Å². The number of rotatable bonds is 2. The van der Waals surface area contributed by atoms with Gasteiger partial charge in [0, 0.05) is 19.1 Å². The molecule has 1 atom stereocenters. The predicted molar refractivity (Wildman–Crippen MR) is 61.3 cm³/mol. The van der Waals surface area contributed by atoms with E-state index in [0.717, 1.165) is 30.9 Å². The fourth-order valence-corrected chi connectivity index (χ4v) is 1.89. The first kappa shape index (κ1) is 11.3. The highest BCUT2D eigenvalue weighted by molar-refractivity contribution is 5.78. The van der Waals surface area contributed by atoms with Gasteiger partial charge in [-0.2, -0.15) is 0 Å². The van der Waals surface area contributed by atoms with Crippen molar-refractivity contribution in [2.75, 3.05) is 13.1 Å². The van der Waals surface area contributed by atoms with Crippen LogP contribution in [-0.2, 0) is 0 Å². The molecule has 0 amide bonds. The van der Waals surface area contributed by atoms with Gasteiger partial charge in [0.1, 0.15) is 0 Å². The summed E-state index contributed by atoms with van der Waals surface area (Å²) in [6.07, 6.45) is 1.26. The minimum atomic E-state index is 0.299. The van der Waals surface area contributed by atoms with Crippen molar-refractivity contribution in [3.05, 3.63) is 0 Å². The van der Waals surface area contributed by atoms with Gasteiger partial charge >= 0.3 is 0 Å². The molecule has 0 radical (unpaired) electrons. The van der Waals surface area contributed by atoms with Gasteiger partial charge in [-0.3, -0.25) is 4.99 Å². The maximum atomic E-state index is 5.92. The van der Waals surface area contributed by atoms with E-state index >= 15 is 0 Å². The first-order valence-corrected chi connectivity index (χ1v) is 5.59. The molecule has 1 aliphatic heterocycles. The molecule has 0 bridgehead atoms. The summed E-state index contributed by atoms with van der Waals surface area (Å²) < 4.78 is 0. The molecule has 14 heavy (non-hydrogen) atoms. The van der Waals surface area contributed by atoms with Gasteiger partial charge in [0.25, 0.3) is 0 Å². The average molecular weight is 197 g/mol. The van der Waals surface area contributed by atoms with Crippen LogP contribution >= 0.6 is 0 Å². The van der Waals surface area contributed by atoms with Gasteiger partial charge in [-0.15, -0.1) is 0 Å². The van der Waals surface area contributed by atoms with Crippen LogP contribution in [0.1, 0.15) is 34.1 Å². The maximum absolute atomic E-state index is 5.92. The summed E-state index contributed by atoms with van der Waals surface area (Å²) in [5, 5.41) is 0. The van der Waals surface area contributed by atoms with E-state index < -0.39 is 0 Å². The Hall–Kier alpha value is -0.730. The molecule has 0 spiro atoms. The fraction of sp³-hybridized carbons (Fsp3) is 0.909. The minimum absolute atomic E-state index is 0.299. The van der Waals surface area contributed by atoms with Crippen LogP contribution in [-0.4, -0.2) is 30.0 Å². The van der Waals surface area contributed by atoms with Crippen LogP contribution in [0.15, 0.2) is 4.99 Å². The predicted octanol–water partition coefficient (Wildman–Crippen LogP) is 1.69. The quantitative estimate of drug-likeness (QED) is 0.540. The van der Waals surface area contributed by atoms with E-state index in [9.17, 15) is 0 Å². The van der Waals surface area contributed by atoms with Crippen LogP contribution < -0.4 is 5.73 Å². The Morgan fingerprint density at radius 2 is 2.00 bits per heavy atom. The molecule has 3 nitrogen and oxygen atoms in total. The molecule has 0 aromatic rings. The maximum Gasteiger partial charge on any atom is 0.191 e. The van der Waals surface area contributed by atoms with Crippen LogP contribution in [0, 0.1) is 11.8 Å². The van der Waals surface area contributed by atoms with Crippen molar-refractivity contribution in [2.24, 2.45) is 22.6 Å². The first-order chi connectivity index (χ1) is 6.50. The second-order valence-electron chi connectivity index (χ2n) is 4.82. The van der Waals surface area contributed by atoms with Gasteiger partial charge in [-0.25, -0.2) is 0 Å². The van der Waals surface area contributed by atoms with Gasteiger partial charge in [-0.1, -0.05) is 13.8 Å². The van der Waals surface area contributed by atoms with Gasteiger partial charge in [-0.05, 0) is 32.1 Å². The number of hydrogen-bond donors (Lipinski definition) is 1. The summed E-state index contributed by atoms with van der Waals surface area (Å²) in [4.78, 5) is 6.59. The van der Waals surface area contributed by atoms with Crippen LogP contribution in [0.25, 0.3) is 0 Å². The molecule has 1 heterocycles. The number of nitrogens with two attached hydrogens (primary N) is 1. The molecule has 1 saturated heterocycles. The zero-order chi connectivity index (χ0) is 10.7. The number of likely N-dealkylation sites (tertiary alicyclic amines) is 1. The third kappa shape index (κ3) is 2.89. The van der Waals surface area contributed by atoms with E-state index in [4.69, 9.17) is 5.73 Å². The van der Waals surface area contributed by atoms with Gasteiger partial charge in [0.2, 0.25) is 0 Å². The number of aliphatic imine (C=N–C) groups is 1. The molecule has 1 rings (SSSR count). The molecule has 0 aromatic carbocycles. The van der Waals surface area contributed by atoms with Crippen LogP contribution in [0.3, 0.4) is 0 Å². The molecule has 0 aromatic heterocycles. The van der Waals surface area contributed by atoms with Crippen molar-refractivity contribution in [2.45, 2.75) is 40.2 Å². The largest absolute Gasteiger partial charge is 0.370 e. The summed E-state index contributed by atoms with van der Waals surface area (Å²) in [6.45, 7) is 10.8. The molecule has 1 aliphatic rings. The Bertz CT molecular complexity index is 209. The second-order valence-corrected chi connectivity index (χ2v) is 4.82. The van der Waals surface area contributed by atoms with E-state index in [2.05, 4.69) is 37.6 Å². The fourth-order valence-electron chi connectivity index (χ4n) is 1.89. The lowest BCUT2D eigenvalue weighted by atomic mass is 9.95. The van der Waals surface area contributed by atoms with E-state index in [1.54, 1.807) is 0 Å². The zero-order valence-corrected chi connectivity index (χ0v) is 9.83. The SMILES string of the molecule is CC(C)N=C(N)N1CCC(C(C)C)C1. The Kier molecular flexibility index (Phi) is 3.78. The molecule has 1 fully saturated rings. The highest BCUT2D eigenvalue weighted by Crippen LogP contribution is 2.23. The topological polar surface area (TPSA) is 41.6 Å². The molecule has 0 saturated carbocycles. The van der Waals surface area contributed by atoms with Crippen molar-refractivity contribution in [3.8, 4) is 0 Å². The second kappa shape index (κ2) is 4.67. The van der Waals surface area contributed by atoms with Crippen molar-refractivity contribution < 1.29 is 0 Å². The molecular weight excluding hydrogens is 174 g/mol. The normalized spacial score (nSPS) is 24.0. The van der Waals surface area contributed by atoms with E-state index in [-0.39, 0.29) is 0 Å². The lowest BCUT2D eigenvalue weighted by Crippen LogP contribution is -2.36. The van der Waals surface area contributed by atoms with Crippen molar-refractivity contribution in [3.63, 3.8) is 0 Å². The van der Waals surface area contributed by atoms with Crippen molar-refractivity contribution >= 4 is 5.96 Å². The highest BCUT2D eigenvalue weighted by Gasteiger charge is 2.25. The van der Waals surface area contributed by atoms with Gasteiger partial charge < -0.3 is 10.6 Å². The Labute approximate surface area is 87.4 Å². The van der Waals surface area contributed by atoms with E-state index in [1.807, 2.05) is 0 Å². The number of hydrogen-bond acceptors (Lipinski definition) is 1. The highest BCUT2D eigenvalue weighted by atomic mass is 15.3. The first-order valence-electron chi connectivity index (χ1n) is 5.59. The Balaban J connectivity index is 2.49. The molecular formula is C11H23N3. The number of guanidine groups is 1. The average Bonchev–Trinajstić information content (AvgIpc) is 2.50. The Morgan fingerprint density at radius 3 is 2.43 bits per heavy atom. The molecule has 1 unspecified atom stereocenters. The lowest BCUT2D eigenvalue weighted by Gasteiger charge is -2.19. The monoisotopic (exact) mass is 197 g/mol. The molecule has 82 valence electrons. The van der Waals surface area contributed by atoms with Crippen LogP contribution in [0.2, 0.25) is 0 Å². The van der Waals surface area contributed by atoms with Crippen molar-refractivity contribution in [1.29, 1.82) is 0 Å². The summed E-state index contributed by atoms with van der Waals surface area (Å²) in [7, 11) is 0. The smallest absolute Gasteiger partial charge is 0.191 e. The third-order valence-corrected chi connectivity index (χ3v) is 2.88. The summed E-state index contributed by atoms with van der Waals surface area (Å²) in [5.74, 6) is 2.27. The molecule has 0 aliphatic carbocycles.